The van der Waals surface area contributed by atoms with Crippen molar-refractivity contribution in [1.29, 1.82) is 0 Å². The molecule has 0 amide bonds. The fraction of sp³-hybridized carbons (Fsp3) is 0.795. The minimum atomic E-state index is -0.0228. The van der Waals surface area contributed by atoms with E-state index in [-0.39, 0.29) is 29.6 Å². The molecule has 468 valence electrons. The molecule has 0 saturated heterocycles. The van der Waals surface area contributed by atoms with Crippen molar-refractivity contribution in [2.24, 2.45) is 98.6 Å². The van der Waals surface area contributed by atoms with E-state index in [1.165, 1.54) is 122 Å². The predicted octanol–water partition coefficient (Wildman–Crippen LogP) is 21.2. The number of esters is 2. The van der Waals surface area contributed by atoms with E-state index in [9.17, 15) is 9.59 Å². The SMILES string of the molecule is CC(C)CCC[C@@H](C)[C@H]1CC[C@H]2[C@@H]3CC=C4C[C@@H](OC(=O)CCCCCOc5ccc(-c6ccc(OCCCCCC(=O)O[C@H]7CC[C@@]8(C)C(CC[C@H]9[C@@H]%10CC[C@H]([C@H](C)CCCC(C)C)[C@@]%10(C)CC[C@@H]98)C7)cc6)cc5)CC[C@]4(C)[C@H]3CC[C@]12C. The molecule has 17 atom stereocenters. The molecule has 84 heavy (non-hydrogen) atoms. The molecular formula is C78H120O6. The summed E-state index contributed by atoms with van der Waals surface area (Å²) in [5.74, 6) is 12.8. The average molecular weight is 1150 g/mol. The summed E-state index contributed by atoms with van der Waals surface area (Å²) in [7, 11) is 0. The number of carbonyl (C=O) groups is 2. The molecule has 0 aromatic heterocycles. The molecule has 0 bridgehead atoms. The van der Waals surface area contributed by atoms with Gasteiger partial charge in [0, 0.05) is 19.3 Å². The molecular weight excluding hydrogens is 1030 g/mol. The molecule has 7 saturated carbocycles. The lowest BCUT2D eigenvalue weighted by atomic mass is 9.44. The van der Waals surface area contributed by atoms with E-state index in [0.29, 0.717) is 48.2 Å². The number of rotatable bonds is 27. The topological polar surface area (TPSA) is 71.1 Å². The van der Waals surface area contributed by atoms with Crippen molar-refractivity contribution in [2.75, 3.05) is 13.2 Å². The van der Waals surface area contributed by atoms with Crippen molar-refractivity contribution in [1.82, 2.24) is 0 Å². The Kier molecular flexibility index (Phi) is 21.3. The summed E-state index contributed by atoms with van der Waals surface area (Å²) in [6, 6.07) is 16.7. The van der Waals surface area contributed by atoms with E-state index in [1.54, 1.807) is 5.57 Å². The van der Waals surface area contributed by atoms with E-state index < -0.39 is 0 Å². The van der Waals surface area contributed by atoms with Gasteiger partial charge in [0.1, 0.15) is 23.7 Å². The third kappa shape index (κ3) is 14.2. The van der Waals surface area contributed by atoms with E-state index >= 15 is 0 Å². The Morgan fingerprint density at radius 2 is 0.964 bits per heavy atom. The Morgan fingerprint density at radius 3 is 1.51 bits per heavy atom. The maximum Gasteiger partial charge on any atom is 0.306 e. The summed E-state index contributed by atoms with van der Waals surface area (Å²) in [5.41, 5.74) is 5.65. The number of ether oxygens (including phenoxy) is 4. The molecule has 7 fully saturated rings. The molecule has 2 aromatic carbocycles. The van der Waals surface area contributed by atoms with Crippen molar-refractivity contribution in [3.8, 4) is 22.6 Å². The lowest BCUT2D eigenvalue weighted by Gasteiger charge is -2.61. The number of hydrogen-bond donors (Lipinski definition) is 0. The van der Waals surface area contributed by atoms with Crippen molar-refractivity contribution >= 4 is 11.9 Å². The summed E-state index contributed by atoms with van der Waals surface area (Å²) < 4.78 is 24.7. The molecule has 1 unspecified atom stereocenters. The highest BCUT2D eigenvalue weighted by molar-refractivity contribution is 5.70. The molecule has 6 heteroatoms. The maximum absolute atomic E-state index is 13.1. The van der Waals surface area contributed by atoms with E-state index in [2.05, 4.69) is 124 Å². The van der Waals surface area contributed by atoms with Crippen LogP contribution in [0, 0.1) is 98.6 Å². The van der Waals surface area contributed by atoms with Gasteiger partial charge in [-0.1, -0.05) is 144 Å². The van der Waals surface area contributed by atoms with Gasteiger partial charge in [0.25, 0.3) is 0 Å². The van der Waals surface area contributed by atoms with Crippen LogP contribution in [0.4, 0.5) is 0 Å². The molecule has 0 N–H and O–H groups in total. The third-order valence-electron chi connectivity index (χ3n) is 26.3. The van der Waals surface area contributed by atoms with Crippen LogP contribution in [0.1, 0.15) is 268 Å². The number of benzene rings is 2. The van der Waals surface area contributed by atoms with E-state index in [1.807, 2.05) is 0 Å². The van der Waals surface area contributed by atoms with Crippen LogP contribution < -0.4 is 9.47 Å². The van der Waals surface area contributed by atoms with Crippen LogP contribution in [-0.2, 0) is 19.1 Å². The largest absolute Gasteiger partial charge is 0.494 e. The first-order valence-electron chi connectivity index (χ1n) is 35.9. The first-order valence-corrected chi connectivity index (χ1v) is 35.9. The monoisotopic (exact) mass is 1150 g/mol. The van der Waals surface area contributed by atoms with Crippen LogP contribution in [0.3, 0.4) is 0 Å². The minimum Gasteiger partial charge on any atom is -0.494 e. The zero-order valence-electron chi connectivity index (χ0n) is 55.1. The highest BCUT2D eigenvalue weighted by Crippen LogP contribution is 2.70. The highest BCUT2D eigenvalue weighted by Gasteiger charge is 2.62. The third-order valence-corrected chi connectivity index (χ3v) is 26.3. The number of unbranched alkanes of at least 4 members (excludes halogenated alkanes) is 4. The fourth-order valence-electron chi connectivity index (χ4n) is 21.6. The van der Waals surface area contributed by atoms with Crippen LogP contribution in [0.15, 0.2) is 60.2 Å². The zero-order valence-corrected chi connectivity index (χ0v) is 55.1. The standard InChI is InChI=1S/C78H120O6/c1-53(2)19-17-21-55(5)67-37-39-69-65-35-29-59-51-63(41-45-75(59,7)71(65)43-47-77(67,69)9)83-73(79)23-13-11-15-49-81-61-31-25-57(26-32-61)58-27-33-62(34-28-58)82-50-16-12-14-24-74(80)84-64-42-46-76(8)60(52-64)30-36-66-70-40-38-68(56(6)22-18-20-54(3)4)78(70,10)48-44-72(66)76/h25-29,31-34,53-56,60,63-72H,11-24,30,35-52H2,1-10H3/t55-,56-,60?,63+,64+,65+,66+,67-,68-,69+,70+,71+,72+,75+,76+,77-,78-/m1/s1. The molecule has 2 aromatic rings. The minimum absolute atomic E-state index is 0.00328. The molecule has 6 nitrogen and oxygen atoms in total. The first kappa shape index (κ1) is 63.7. The summed E-state index contributed by atoms with van der Waals surface area (Å²) in [6.45, 7) is 26.6. The number of hydrogen-bond acceptors (Lipinski definition) is 6. The van der Waals surface area contributed by atoms with Gasteiger partial charge in [-0.3, -0.25) is 9.59 Å². The van der Waals surface area contributed by atoms with Gasteiger partial charge in [-0.2, -0.15) is 0 Å². The van der Waals surface area contributed by atoms with Crippen LogP contribution in [0.5, 0.6) is 11.5 Å². The molecule has 0 spiro atoms. The van der Waals surface area contributed by atoms with Crippen molar-refractivity contribution in [3.05, 3.63) is 60.2 Å². The van der Waals surface area contributed by atoms with Gasteiger partial charge in [-0.05, 0) is 275 Å². The predicted molar refractivity (Wildman–Crippen MR) is 346 cm³/mol. The first-order chi connectivity index (χ1) is 40.4. The molecule has 8 aliphatic rings. The summed E-state index contributed by atoms with van der Waals surface area (Å²) in [4.78, 5) is 26.2. The van der Waals surface area contributed by atoms with Crippen molar-refractivity contribution in [2.45, 2.75) is 280 Å². The smallest absolute Gasteiger partial charge is 0.306 e. The van der Waals surface area contributed by atoms with Crippen LogP contribution >= 0.6 is 0 Å². The van der Waals surface area contributed by atoms with E-state index in [4.69, 9.17) is 18.9 Å². The van der Waals surface area contributed by atoms with Gasteiger partial charge in [0.15, 0.2) is 0 Å². The quantitative estimate of drug-likeness (QED) is 0.0504. The molecule has 0 aliphatic heterocycles. The van der Waals surface area contributed by atoms with Crippen LogP contribution in [0.25, 0.3) is 11.1 Å². The summed E-state index contributed by atoms with van der Waals surface area (Å²) in [5, 5.41) is 0. The second-order valence-corrected chi connectivity index (χ2v) is 32.1. The second-order valence-electron chi connectivity index (χ2n) is 32.1. The van der Waals surface area contributed by atoms with Crippen LogP contribution in [0.2, 0.25) is 0 Å². The Bertz CT molecular complexity index is 2460. The molecule has 8 aliphatic carbocycles. The Labute approximate surface area is 513 Å². The lowest BCUT2D eigenvalue weighted by Crippen LogP contribution is -2.54. The Hall–Kier alpha value is -3.28. The number of allylic oxidation sites excluding steroid dienone is 1. The summed E-state index contributed by atoms with van der Waals surface area (Å²) in [6.07, 6.45) is 39.5. The van der Waals surface area contributed by atoms with Crippen LogP contribution in [-0.4, -0.2) is 37.4 Å². The number of carbonyl (C=O) groups excluding carboxylic acids is 2. The normalized spacial score (nSPS) is 35.8. The van der Waals surface area contributed by atoms with Gasteiger partial charge >= 0.3 is 11.9 Å². The van der Waals surface area contributed by atoms with Gasteiger partial charge in [0.05, 0.1) is 13.2 Å². The maximum atomic E-state index is 13.1. The Balaban J connectivity index is 0.558. The summed E-state index contributed by atoms with van der Waals surface area (Å²) >= 11 is 0. The van der Waals surface area contributed by atoms with Crippen molar-refractivity contribution < 1.29 is 28.5 Å². The molecule has 10 rings (SSSR count). The van der Waals surface area contributed by atoms with Gasteiger partial charge < -0.3 is 18.9 Å². The highest BCUT2D eigenvalue weighted by atomic mass is 16.5. The molecule has 0 radical (unpaired) electrons. The zero-order chi connectivity index (χ0) is 59.2. The second kappa shape index (κ2) is 28.0. The van der Waals surface area contributed by atoms with E-state index in [0.717, 1.165) is 158 Å². The van der Waals surface area contributed by atoms with Gasteiger partial charge in [0.2, 0.25) is 0 Å². The number of fused-ring (bicyclic) bond motifs is 10. The van der Waals surface area contributed by atoms with Gasteiger partial charge in [-0.25, -0.2) is 0 Å². The lowest BCUT2D eigenvalue weighted by molar-refractivity contribution is -0.163. The van der Waals surface area contributed by atoms with Crippen molar-refractivity contribution in [3.63, 3.8) is 0 Å². The molecule has 0 heterocycles. The Morgan fingerprint density at radius 1 is 0.476 bits per heavy atom. The average Bonchev–Trinajstić information content (AvgIpc) is 1.84. The van der Waals surface area contributed by atoms with Gasteiger partial charge in [-0.15, -0.1) is 0 Å². The fourth-order valence-corrected chi connectivity index (χ4v) is 21.6.